The summed E-state index contributed by atoms with van der Waals surface area (Å²) in [5.41, 5.74) is 5.95. The van der Waals surface area contributed by atoms with E-state index in [1.165, 1.54) is 0 Å². The van der Waals surface area contributed by atoms with Gasteiger partial charge in [-0.15, -0.1) is 5.10 Å². The minimum Gasteiger partial charge on any atom is -0.446 e. The smallest absolute Gasteiger partial charge is 0.245 e. The molecule has 1 aliphatic rings. The minimum atomic E-state index is 0.207. The molecule has 1 unspecified atom stereocenters. The van der Waals surface area contributed by atoms with Gasteiger partial charge in [-0.1, -0.05) is 0 Å². The van der Waals surface area contributed by atoms with Crippen molar-refractivity contribution in [2.75, 3.05) is 18.0 Å². The topological polar surface area (TPSA) is 84.0 Å². The number of furan rings is 1. The van der Waals surface area contributed by atoms with Crippen LogP contribution in [0.3, 0.4) is 0 Å². The molecule has 0 amide bonds. The van der Waals surface area contributed by atoms with E-state index in [9.17, 15) is 0 Å². The summed E-state index contributed by atoms with van der Waals surface area (Å²) in [6.45, 7) is 1.76. The van der Waals surface area contributed by atoms with Crippen LogP contribution in [0.15, 0.2) is 21.2 Å². The van der Waals surface area contributed by atoms with Crippen LogP contribution in [-0.2, 0) is 0 Å². The summed E-state index contributed by atoms with van der Waals surface area (Å²) in [4.78, 5) is 6.54. The molecule has 2 aromatic rings. The van der Waals surface area contributed by atoms with Gasteiger partial charge in [-0.25, -0.2) is 0 Å². The first-order valence-corrected chi connectivity index (χ1v) is 6.70. The van der Waals surface area contributed by atoms with E-state index >= 15 is 0 Å². The second kappa shape index (κ2) is 4.74. The maximum atomic E-state index is 5.95. The predicted octanol–water partition coefficient (Wildman–Crippen LogP) is 1.75. The number of nitrogens with two attached hydrogens (primary N) is 1. The molecule has 0 bridgehead atoms. The molecule has 3 N–H and O–H groups in total. The van der Waals surface area contributed by atoms with E-state index in [4.69, 9.17) is 10.2 Å². The van der Waals surface area contributed by atoms with E-state index in [2.05, 4.69) is 36.0 Å². The lowest BCUT2D eigenvalue weighted by atomic mass is 10.1. The van der Waals surface area contributed by atoms with Crippen molar-refractivity contribution in [3.63, 3.8) is 0 Å². The monoisotopic (exact) mass is 311 g/mol. The number of piperidine rings is 1. The summed E-state index contributed by atoms with van der Waals surface area (Å²) in [6, 6.07) is 3.88. The summed E-state index contributed by atoms with van der Waals surface area (Å²) >= 11 is 3.27. The fourth-order valence-electron chi connectivity index (χ4n) is 2.14. The van der Waals surface area contributed by atoms with Gasteiger partial charge in [0.15, 0.2) is 16.3 Å². The maximum absolute atomic E-state index is 5.95. The largest absolute Gasteiger partial charge is 0.446 e. The van der Waals surface area contributed by atoms with Gasteiger partial charge in [0.25, 0.3) is 0 Å². The molecule has 0 spiro atoms. The normalized spacial score (nSPS) is 20.3. The number of hydrogen-bond acceptors (Lipinski definition) is 5. The fourth-order valence-corrected chi connectivity index (χ4v) is 2.44. The first-order valence-electron chi connectivity index (χ1n) is 5.91. The molecule has 0 aromatic carbocycles. The summed E-state index contributed by atoms with van der Waals surface area (Å²) in [7, 11) is 0. The molecule has 6 nitrogen and oxygen atoms in total. The lowest BCUT2D eigenvalue weighted by Gasteiger charge is -2.29. The SMILES string of the molecule is NC1CCCN(c2n[nH]c(-c3ccc(Br)o3)n2)C1. The van der Waals surface area contributed by atoms with E-state index in [0.717, 1.165) is 25.9 Å². The molecule has 1 fully saturated rings. The number of rotatable bonds is 2. The molecule has 1 saturated heterocycles. The van der Waals surface area contributed by atoms with Crippen molar-refractivity contribution < 1.29 is 4.42 Å². The highest BCUT2D eigenvalue weighted by molar-refractivity contribution is 9.10. The van der Waals surface area contributed by atoms with Crippen molar-refractivity contribution in [1.29, 1.82) is 0 Å². The van der Waals surface area contributed by atoms with Crippen LogP contribution >= 0.6 is 15.9 Å². The Morgan fingerprint density at radius 1 is 1.50 bits per heavy atom. The van der Waals surface area contributed by atoms with Crippen LogP contribution in [0, 0.1) is 0 Å². The number of hydrogen-bond donors (Lipinski definition) is 2. The van der Waals surface area contributed by atoms with Crippen molar-refractivity contribution >= 4 is 21.9 Å². The molecule has 3 rings (SSSR count). The molecule has 0 saturated carbocycles. The number of anilines is 1. The number of nitrogens with one attached hydrogen (secondary N) is 1. The van der Waals surface area contributed by atoms with Crippen LogP contribution in [0.25, 0.3) is 11.6 Å². The Labute approximate surface area is 113 Å². The van der Waals surface area contributed by atoms with Crippen molar-refractivity contribution in [2.45, 2.75) is 18.9 Å². The predicted molar refractivity (Wildman–Crippen MR) is 71.2 cm³/mol. The summed E-state index contributed by atoms with van der Waals surface area (Å²) < 4.78 is 6.11. The zero-order valence-corrected chi connectivity index (χ0v) is 11.4. The van der Waals surface area contributed by atoms with Gasteiger partial charge in [-0.05, 0) is 40.9 Å². The highest BCUT2D eigenvalue weighted by Crippen LogP contribution is 2.24. The summed E-state index contributed by atoms with van der Waals surface area (Å²) in [6.07, 6.45) is 2.15. The zero-order chi connectivity index (χ0) is 12.5. The quantitative estimate of drug-likeness (QED) is 0.882. The summed E-state index contributed by atoms with van der Waals surface area (Å²) in [5, 5.41) is 7.11. The molecule has 7 heteroatoms. The summed E-state index contributed by atoms with van der Waals surface area (Å²) in [5.74, 6) is 1.99. The van der Waals surface area contributed by atoms with Crippen molar-refractivity contribution in [3.8, 4) is 11.6 Å². The van der Waals surface area contributed by atoms with Crippen LogP contribution in [0.5, 0.6) is 0 Å². The van der Waals surface area contributed by atoms with E-state index < -0.39 is 0 Å². The third kappa shape index (κ3) is 2.28. The van der Waals surface area contributed by atoms with Crippen LogP contribution < -0.4 is 10.6 Å². The number of H-pyrrole nitrogens is 1. The Hall–Kier alpha value is -1.34. The van der Waals surface area contributed by atoms with Gasteiger partial charge in [-0.2, -0.15) is 4.98 Å². The van der Waals surface area contributed by atoms with Crippen LogP contribution in [-0.4, -0.2) is 34.3 Å². The Morgan fingerprint density at radius 3 is 3.11 bits per heavy atom. The van der Waals surface area contributed by atoms with Crippen molar-refractivity contribution in [1.82, 2.24) is 15.2 Å². The van der Waals surface area contributed by atoms with Crippen LogP contribution in [0.4, 0.5) is 5.95 Å². The fraction of sp³-hybridized carbons (Fsp3) is 0.455. The van der Waals surface area contributed by atoms with Gasteiger partial charge in [-0.3, -0.25) is 5.10 Å². The molecular formula is C11H14BrN5O. The van der Waals surface area contributed by atoms with E-state index in [0.29, 0.717) is 22.2 Å². The third-order valence-electron chi connectivity index (χ3n) is 3.02. The average Bonchev–Trinajstić information content (AvgIpc) is 2.97. The van der Waals surface area contributed by atoms with Gasteiger partial charge in [0.2, 0.25) is 5.95 Å². The van der Waals surface area contributed by atoms with Gasteiger partial charge < -0.3 is 15.1 Å². The van der Waals surface area contributed by atoms with E-state index in [1.807, 2.05) is 12.1 Å². The van der Waals surface area contributed by atoms with Gasteiger partial charge >= 0.3 is 0 Å². The van der Waals surface area contributed by atoms with Gasteiger partial charge in [0.1, 0.15) is 0 Å². The highest BCUT2D eigenvalue weighted by atomic mass is 79.9. The van der Waals surface area contributed by atoms with Crippen molar-refractivity contribution in [3.05, 3.63) is 16.8 Å². The molecule has 0 radical (unpaired) electrons. The number of aromatic nitrogens is 3. The maximum Gasteiger partial charge on any atom is 0.245 e. The van der Waals surface area contributed by atoms with Crippen molar-refractivity contribution in [2.24, 2.45) is 5.73 Å². The van der Waals surface area contributed by atoms with Crippen LogP contribution in [0.1, 0.15) is 12.8 Å². The standard InChI is InChI=1S/C11H14BrN5O/c12-9-4-3-8(18-9)10-14-11(16-15-10)17-5-1-2-7(13)6-17/h3-4,7H,1-2,5-6,13H2,(H,14,15,16). The molecule has 96 valence electrons. The molecule has 1 aliphatic heterocycles. The molecule has 2 aromatic heterocycles. The second-order valence-electron chi connectivity index (χ2n) is 4.44. The van der Waals surface area contributed by atoms with Crippen LogP contribution in [0.2, 0.25) is 0 Å². The molecule has 18 heavy (non-hydrogen) atoms. The Morgan fingerprint density at radius 2 is 2.39 bits per heavy atom. The number of aromatic amines is 1. The molecular weight excluding hydrogens is 298 g/mol. The van der Waals surface area contributed by atoms with E-state index in [1.54, 1.807) is 0 Å². The Balaban J connectivity index is 1.80. The number of nitrogens with zero attached hydrogens (tertiary/aromatic N) is 3. The highest BCUT2D eigenvalue weighted by Gasteiger charge is 2.20. The third-order valence-corrected chi connectivity index (χ3v) is 3.45. The molecule has 1 atom stereocenters. The first-order chi connectivity index (χ1) is 8.72. The zero-order valence-electron chi connectivity index (χ0n) is 9.77. The minimum absolute atomic E-state index is 0.207. The Kier molecular flexibility index (Phi) is 3.09. The van der Waals surface area contributed by atoms with E-state index in [-0.39, 0.29) is 6.04 Å². The lowest BCUT2D eigenvalue weighted by Crippen LogP contribution is -2.43. The van der Waals surface area contributed by atoms with Gasteiger partial charge in [0.05, 0.1) is 0 Å². The lowest BCUT2D eigenvalue weighted by molar-refractivity contribution is 0.500. The molecule has 0 aliphatic carbocycles. The average molecular weight is 312 g/mol. The molecule has 3 heterocycles. The first kappa shape index (κ1) is 11.7. The number of halogens is 1. The Bertz CT molecular complexity index is 537. The van der Waals surface area contributed by atoms with Gasteiger partial charge in [0, 0.05) is 19.1 Å². The second-order valence-corrected chi connectivity index (χ2v) is 5.22.